The van der Waals surface area contributed by atoms with Crippen molar-refractivity contribution in [3.8, 4) is 0 Å². The van der Waals surface area contributed by atoms with Gasteiger partial charge in [0.05, 0.1) is 8.07 Å². The van der Waals surface area contributed by atoms with E-state index < -0.39 is 8.07 Å². The van der Waals surface area contributed by atoms with Crippen LogP contribution in [0.5, 0.6) is 0 Å². The molecule has 0 aliphatic rings. The highest BCUT2D eigenvalue weighted by atomic mass is 28.3. The van der Waals surface area contributed by atoms with E-state index in [1.807, 2.05) is 18.2 Å². The largest absolute Gasteiger partial charge is 0.370 e. The van der Waals surface area contributed by atoms with E-state index in [0.29, 0.717) is 6.04 Å². The fourth-order valence-electron chi connectivity index (χ4n) is 0.835. The summed E-state index contributed by atoms with van der Waals surface area (Å²) in [7, 11) is -1.19. The molecule has 0 saturated carbocycles. The van der Waals surface area contributed by atoms with Gasteiger partial charge in [-0.1, -0.05) is 25.7 Å². The molecule has 4 heteroatoms. The normalized spacial score (nSPS) is 9.93. The second-order valence-electron chi connectivity index (χ2n) is 4.23. The molecule has 2 N–H and O–H groups in total. The number of amides is 1. The second kappa shape index (κ2) is 6.31. The first kappa shape index (κ1) is 12.8. The van der Waals surface area contributed by atoms with Gasteiger partial charge in [-0.25, -0.2) is 0 Å². The number of rotatable bonds is 2. The molecular formula is C10H18N2OSi. The first-order valence-electron chi connectivity index (χ1n) is 4.55. The SMILES string of the molecule is C[Si](C)(C)CC(N)=O.c1ccncc1. The highest BCUT2D eigenvalue weighted by Gasteiger charge is 2.15. The molecule has 1 heterocycles. The Morgan fingerprint density at radius 2 is 1.71 bits per heavy atom. The van der Waals surface area contributed by atoms with E-state index in [4.69, 9.17) is 5.73 Å². The van der Waals surface area contributed by atoms with Crippen molar-refractivity contribution in [2.45, 2.75) is 25.7 Å². The van der Waals surface area contributed by atoms with Gasteiger partial charge in [0.2, 0.25) is 5.91 Å². The van der Waals surface area contributed by atoms with Crippen LogP contribution in [-0.2, 0) is 4.79 Å². The van der Waals surface area contributed by atoms with E-state index in [2.05, 4.69) is 24.6 Å². The molecule has 3 nitrogen and oxygen atoms in total. The van der Waals surface area contributed by atoms with Gasteiger partial charge in [0.25, 0.3) is 0 Å². The molecule has 14 heavy (non-hydrogen) atoms. The molecule has 1 amide bonds. The Morgan fingerprint density at radius 1 is 1.21 bits per heavy atom. The Labute approximate surface area is 86.4 Å². The molecule has 0 saturated heterocycles. The summed E-state index contributed by atoms with van der Waals surface area (Å²) in [5.41, 5.74) is 4.97. The predicted molar refractivity (Wildman–Crippen MR) is 61.6 cm³/mol. The summed E-state index contributed by atoms with van der Waals surface area (Å²) >= 11 is 0. The summed E-state index contributed by atoms with van der Waals surface area (Å²) in [5, 5.41) is 0. The van der Waals surface area contributed by atoms with Crippen LogP contribution in [0.2, 0.25) is 25.7 Å². The van der Waals surface area contributed by atoms with E-state index in [1.165, 1.54) is 0 Å². The third kappa shape index (κ3) is 10.8. The van der Waals surface area contributed by atoms with Crippen molar-refractivity contribution in [2.75, 3.05) is 0 Å². The number of nitrogens with zero attached hydrogens (tertiary/aromatic N) is 1. The van der Waals surface area contributed by atoms with E-state index in [9.17, 15) is 4.79 Å². The van der Waals surface area contributed by atoms with Crippen molar-refractivity contribution in [2.24, 2.45) is 5.73 Å². The number of carbonyl (C=O) groups is 1. The van der Waals surface area contributed by atoms with Gasteiger partial charge >= 0.3 is 0 Å². The van der Waals surface area contributed by atoms with Crippen molar-refractivity contribution in [1.82, 2.24) is 4.98 Å². The second-order valence-corrected chi connectivity index (χ2v) is 9.70. The van der Waals surface area contributed by atoms with Crippen molar-refractivity contribution in [3.63, 3.8) is 0 Å². The quantitative estimate of drug-likeness (QED) is 0.758. The molecule has 78 valence electrons. The zero-order valence-electron chi connectivity index (χ0n) is 9.03. The van der Waals surface area contributed by atoms with Gasteiger partial charge in [0.1, 0.15) is 0 Å². The number of carbonyl (C=O) groups excluding carboxylic acids is 1. The summed E-state index contributed by atoms with van der Waals surface area (Å²) in [6.45, 7) is 6.37. The summed E-state index contributed by atoms with van der Waals surface area (Å²) in [6, 6.07) is 6.32. The minimum Gasteiger partial charge on any atom is -0.370 e. The summed E-state index contributed by atoms with van der Waals surface area (Å²) in [6.07, 6.45) is 3.50. The first-order chi connectivity index (χ1) is 6.42. The summed E-state index contributed by atoms with van der Waals surface area (Å²) < 4.78 is 0. The number of hydrogen-bond acceptors (Lipinski definition) is 2. The Morgan fingerprint density at radius 3 is 1.79 bits per heavy atom. The van der Waals surface area contributed by atoms with Crippen LogP contribution < -0.4 is 5.73 Å². The van der Waals surface area contributed by atoms with E-state index in [0.717, 1.165) is 0 Å². The third-order valence-corrected chi connectivity index (χ3v) is 2.68. The van der Waals surface area contributed by atoms with Crippen LogP contribution in [0.3, 0.4) is 0 Å². The summed E-state index contributed by atoms with van der Waals surface area (Å²) in [4.78, 5) is 14.1. The molecule has 1 aromatic rings. The minimum atomic E-state index is -1.19. The molecule has 0 bridgehead atoms. The molecule has 0 unspecified atom stereocenters. The van der Waals surface area contributed by atoms with E-state index in [1.54, 1.807) is 12.4 Å². The lowest BCUT2D eigenvalue weighted by Gasteiger charge is -2.11. The molecule has 0 atom stereocenters. The molecule has 0 aliphatic heterocycles. The van der Waals surface area contributed by atoms with Crippen LogP contribution in [0, 0.1) is 0 Å². The van der Waals surface area contributed by atoms with Crippen LogP contribution >= 0.6 is 0 Å². The fourth-order valence-corrected chi connectivity index (χ4v) is 1.88. The number of nitrogens with two attached hydrogens (primary N) is 1. The average molecular weight is 210 g/mol. The van der Waals surface area contributed by atoms with Crippen LogP contribution in [0.25, 0.3) is 0 Å². The van der Waals surface area contributed by atoms with E-state index >= 15 is 0 Å². The standard InChI is InChI=1S/C5H13NOSi.C5H5N/c1-8(2,3)4-5(6)7;1-2-4-6-5-3-1/h4H2,1-3H3,(H2,6,7);1-5H. The fraction of sp³-hybridized carbons (Fsp3) is 0.400. The minimum absolute atomic E-state index is 0.163. The van der Waals surface area contributed by atoms with Crippen molar-refractivity contribution >= 4 is 14.0 Å². The smallest absolute Gasteiger partial charge is 0.214 e. The number of pyridine rings is 1. The van der Waals surface area contributed by atoms with Gasteiger partial charge in [-0.05, 0) is 12.1 Å². The lowest BCUT2D eigenvalue weighted by Crippen LogP contribution is -2.27. The predicted octanol–water partition coefficient (Wildman–Crippen LogP) is 1.89. The lowest BCUT2D eigenvalue weighted by molar-refractivity contribution is -0.116. The van der Waals surface area contributed by atoms with Crippen molar-refractivity contribution in [3.05, 3.63) is 30.6 Å². The van der Waals surface area contributed by atoms with Crippen LogP contribution in [0.1, 0.15) is 0 Å². The monoisotopic (exact) mass is 210 g/mol. The number of primary amides is 1. The molecule has 0 fully saturated rings. The van der Waals surface area contributed by atoms with Crippen LogP contribution in [0.15, 0.2) is 30.6 Å². The van der Waals surface area contributed by atoms with Gasteiger partial charge in [0.15, 0.2) is 0 Å². The Balaban J connectivity index is 0.000000249. The average Bonchev–Trinajstić information content (AvgIpc) is 2.03. The Kier molecular flexibility index (Phi) is 5.79. The molecule has 0 aromatic carbocycles. The number of hydrogen-bond donors (Lipinski definition) is 1. The molecule has 0 radical (unpaired) electrons. The van der Waals surface area contributed by atoms with Gasteiger partial charge in [-0.2, -0.15) is 0 Å². The maximum atomic E-state index is 10.3. The van der Waals surface area contributed by atoms with Gasteiger partial charge < -0.3 is 5.73 Å². The first-order valence-corrected chi connectivity index (χ1v) is 8.26. The summed E-state index contributed by atoms with van der Waals surface area (Å²) in [5.74, 6) is -0.163. The molecule has 1 rings (SSSR count). The van der Waals surface area contributed by atoms with Crippen molar-refractivity contribution < 1.29 is 4.79 Å². The van der Waals surface area contributed by atoms with E-state index in [-0.39, 0.29) is 5.91 Å². The molecule has 0 spiro atoms. The zero-order valence-corrected chi connectivity index (χ0v) is 10.0. The van der Waals surface area contributed by atoms with Crippen molar-refractivity contribution in [1.29, 1.82) is 0 Å². The topological polar surface area (TPSA) is 56.0 Å². The highest BCUT2D eigenvalue weighted by molar-refractivity contribution is 6.78. The highest BCUT2D eigenvalue weighted by Crippen LogP contribution is 2.05. The maximum Gasteiger partial charge on any atom is 0.214 e. The Bertz CT molecular complexity index is 230. The molecule has 1 aromatic heterocycles. The third-order valence-electron chi connectivity index (χ3n) is 1.27. The van der Waals surface area contributed by atoms with Gasteiger partial charge in [-0.15, -0.1) is 0 Å². The number of aromatic nitrogens is 1. The van der Waals surface area contributed by atoms with Crippen LogP contribution in [-0.4, -0.2) is 19.0 Å². The maximum absolute atomic E-state index is 10.3. The van der Waals surface area contributed by atoms with Crippen LogP contribution in [0.4, 0.5) is 0 Å². The lowest BCUT2D eigenvalue weighted by atomic mass is 10.5. The van der Waals surface area contributed by atoms with Gasteiger partial charge in [0, 0.05) is 18.4 Å². The van der Waals surface area contributed by atoms with Gasteiger partial charge in [-0.3, -0.25) is 9.78 Å². The molecular weight excluding hydrogens is 192 g/mol. The zero-order chi connectivity index (χ0) is 11.0. The Hall–Kier alpha value is -1.16. The molecule has 0 aliphatic carbocycles.